The molecule has 0 aliphatic carbocycles. The molecule has 2 fully saturated rings. The summed E-state index contributed by atoms with van der Waals surface area (Å²) in [5, 5.41) is 12.5. The van der Waals surface area contributed by atoms with Gasteiger partial charge in [0.1, 0.15) is 22.7 Å². The van der Waals surface area contributed by atoms with Gasteiger partial charge in [-0.05, 0) is 73.6 Å². The maximum absolute atomic E-state index is 13.9. The number of aromatic nitrogens is 4. The number of nitrogens with one attached hydrogen (secondary N) is 3. The molecular formula is C42H54N8O6. The van der Waals surface area contributed by atoms with E-state index < -0.39 is 23.3 Å². The molecule has 2 aromatic heterocycles. The first-order chi connectivity index (χ1) is 26.6. The Morgan fingerprint density at radius 1 is 0.768 bits per heavy atom. The van der Waals surface area contributed by atoms with Crippen molar-refractivity contribution in [2.24, 2.45) is 11.8 Å². The number of carboxylic acid groups (broad SMARTS) is 1. The predicted molar refractivity (Wildman–Crippen MR) is 212 cm³/mol. The molecule has 56 heavy (non-hydrogen) atoms. The molecule has 2 saturated heterocycles. The van der Waals surface area contributed by atoms with E-state index in [1.807, 2.05) is 56.9 Å². The van der Waals surface area contributed by atoms with Gasteiger partial charge in [-0.15, -0.1) is 0 Å². The lowest BCUT2D eigenvalue weighted by Gasteiger charge is -2.42. The SMILES string of the molecule is COC(=O)N[C@](C)(C(=O)N1CCCC1c1ncc(-c2ccc(-c3ccc(-c4cnc([C@@H]5CCCN5C(=O)[C@](C)(C(C)C)N(C)C(=O)O)[nH]4)cc3)cc2)[nH]1)C(C)C. The molecule has 14 nitrogen and oxygen atoms in total. The fraction of sp³-hybridized carbons (Fsp3) is 0.476. The van der Waals surface area contributed by atoms with Crippen molar-refractivity contribution in [3.05, 3.63) is 72.6 Å². The zero-order valence-electron chi connectivity index (χ0n) is 33.6. The van der Waals surface area contributed by atoms with E-state index in [1.165, 1.54) is 14.2 Å². The smallest absolute Gasteiger partial charge is 0.407 e. The minimum Gasteiger partial charge on any atom is -0.465 e. The van der Waals surface area contributed by atoms with Gasteiger partial charge in [0.05, 0.1) is 43.0 Å². The van der Waals surface area contributed by atoms with Crippen molar-refractivity contribution < 1.29 is 29.0 Å². The molecule has 4 aromatic rings. The number of carbonyl (C=O) groups is 4. The molecule has 2 aromatic carbocycles. The number of imidazole rings is 2. The summed E-state index contributed by atoms with van der Waals surface area (Å²) in [4.78, 5) is 72.8. The molecular weight excluding hydrogens is 713 g/mol. The van der Waals surface area contributed by atoms with Crippen LogP contribution in [0.4, 0.5) is 9.59 Å². The monoisotopic (exact) mass is 766 g/mol. The van der Waals surface area contributed by atoms with Crippen LogP contribution < -0.4 is 5.32 Å². The van der Waals surface area contributed by atoms with E-state index in [0.29, 0.717) is 24.7 Å². The van der Waals surface area contributed by atoms with Crippen molar-refractivity contribution in [1.29, 1.82) is 0 Å². The lowest BCUT2D eigenvalue weighted by atomic mass is 9.85. The van der Waals surface area contributed by atoms with Crippen LogP contribution in [0.25, 0.3) is 33.6 Å². The summed E-state index contributed by atoms with van der Waals surface area (Å²) >= 11 is 0. The number of likely N-dealkylation sites (N-methyl/N-ethyl adjacent to an activating group) is 1. The summed E-state index contributed by atoms with van der Waals surface area (Å²) in [6.07, 6.45) is 4.95. The number of aromatic amines is 2. The largest absolute Gasteiger partial charge is 0.465 e. The minimum absolute atomic E-state index is 0.161. The molecule has 14 heteroatoms. The number of carbonyl (C=O) groups excluding carboxylic acids is 3. The molecule has 2 aliphatic heterocycles. The first-order valence-electron chi connectivity index (χ1n) is 19.4. The number of methoxy groups -OCH3 is 1. The van der Waals surface area contributed by atoms with Gasteiger partial charge in [-0.3, -0.25) is 14.5 Å². The van der Waals surface area contributed by atoms with Crippen molar-refractivity contribution in [1.82, 2.24) is 40.0 Å². The first kappa shape index (κ1) is 40.0. The molecule has 1 unspecified atom stereocenters. The van der Waals surface area contributed by atoms with Crippen molar-refractivity contribution in [2.45, 2.75) is 90.4 Å². The van der Waals surface area contributed by atoms with Gasteiger partial charge in [0, 0.05) is 20.1 Å². The van der Waals surface area contributed by atoms with Gasteiger partial charge in [-0.2, -0.15) is 0 Å². The molecule has 4 heterocycles. The van der Waals surface area contributed by atoms with Crippen molar-refractivity contribution in [2.75, 3.05) is 27.2 Å². The van der Waals surface area contributed by atoms with Crippen LogP contribution in [0.2, 0.25) is 0 Å². The highest BCUT2D eigenvalue weighted by atomic mass is 16.5. The Bertz CT molecular complexity index is 2060. The molecule has 4 atom stereocenters. The number of hydrogen-bond donors (Lipinski definition) is 4. The van der Waals surface area contributed by atoms with E-state index >= 15 is 0 Å². The zero-order chi connectivity index (χ0) is 40.5. The van der Waals surface area contributed by atoms with Gasteiger partial charge in [0.25, 0.3) is 0 Å². The first-order valence-corrected chi connectivity index (χ1v) is 19.4. The Hall–Kier alpha value is -5.66. The van der Waals surface area contributed by atoms with Gasteiger partial charge in [0.2, 0.25) is 11.8 Å². The number of ether oxygens (including phenoxy) is 1. The number of H-pyrrole nitrogens is 2. The Morgan fingerprint density at radius 2 is 1.20 bits per heavy atom. The van der Waals surface area contributed by atoms with Crippen LogP contribution in [0.5, 0.6) is 0 Å². The maximum atomic E-state index is 13.9. The van der Waals surface area contributed by atoms with Crippen LogP contribution in [0.1, 0.15) is 91.0 Å². The fourth-order valence-electron chi connectivity index (χ4n) is 7.85. The summed E-state index contributed by atoms with van der Waals surface area (Å²) in [5.74, 6) is 0.638. The highest BCUT2D eigenvalue weighted by molar-refractivity contribution is 5.91. The van der Waals surface area contributed by atoms with E-state index in [4.69, 9.17) is 4.74 Å². The molecule has 2 aliphatic rings. The Balaban J connectivity index is 1.13. The second-order valence-electron chi connectivity index (χ2n) is 15.9. The lowest BCUT2D eigenvalue weighted by Crippen LogP contribution is -2.60. The normalized spacial score (nSPS) is 19.2. The Kier molecular flexibility index (Phi) is 11.3. The van der Waals surface area contributed by atoms with E-state index in [2.05, 4.69) is 49.5 Å². The third kappa shape index (κ3) is 7.36. The molecule has 6 rings (SSSR count). The van der Waals surface area contributed by atoms with Crippen LogP contribution >= 0.6 is 0 Å². The molecule has 0 bridgehead atoms. The van der Waals surface area contributed by atoms with Crippen molar-refractivity contribution in [3.63, 3.8) is 0 Å². The van der Waals surface area contributed by atoms with Crippen molar-refractivity contribution in [3.8, 4) is 33.6 Å². The standard InChI is InChI=1S/C42H54N8O6/c1-25(2)41(5,47-39(53)56-8)37(51)49-21-9-11-33(49)35-43-23-31(45-35)29-17-13-27(14-18-29)28-15-19-30(20-16-28)32-24-44-36(46-32)34-12-10-22-50(34)38(52)42(6,26(3)4)48(7)40(54)55/h13-20,23-26,33-34H,9-12,21-22H2,1-8H3,(H,43,45)(H,44,46)(H,47,53)(H,54,55)/t33?,34-,41-,42-/m0/s1. The highest BCUT2D eigenvalue weighted by Crippen LogP contribution is 2.38. The summed E-state index contributed by atoms with van der Waals surface area (Å²) < 4.78 is 4.82. The second kappa shape index (κ2) is 15.8. The molecule has 298 valence electrons. The van der Waals surface area contributed by atoms with Gasteiger partial charge < -0.3 is 34.9 Å². The predicted octanol–water partition coefficient (Wildman–Crippen LogP) is 7.26. The topological polar surface area (TPSA) is 177 Å². The van der Waals surface area contributed by atoms with E-state index in [9.17, 15) is 24.3 Å². The third-order valence-electron chi connectivity index (χ3n) is 12.3. The number of rotatable bonds is 11. The number of nitrogens with zero attached hydrogens (tertiary/aromatic N) is 5. The van der Waals surface area contributed by atoms with Gasteiger partial charge in [0.15, 0.2) is 0 Å². The maximum Gasteiger partial charge on any atom is 0.407 e. The quantitative estimate of drug-likeness (QED) is 0.123. The summed E-state index contributed by atoms with van der Waals surface area (Å²) in [6, 6.07) is 15.9. The van der Waals surface area contributed by atoms with Crippen LogP contribution in [0.15, 0.2) is 60.9 Å². The summed E-state index contributed by atoms with van der Waals surface area (Å²) in [5.41, 5.74) is 3.36. The highest BCUT2D eigenvalue weighted by Gasteiger charge is 2.49. The van der Waals surface area contributed by atoms with Crippen molar-refractivity contribution >= 4 is 24.0 Å². The number of alkyl carbamates (subject to hydrolysis) is 1. The summed E-state index contributed by atoms with van der Waals surface area (Å²) in [6.45, 7) is 12.1. The molecule has 4 N–H and O–H groups in total. The summed E-state index contributed by atoms with van der Waals surface area (Å²) in [7, 11) is 2.75. The molecule has 4 amide bonds. The van der Waals surface area contributed by atoms with Crippen LogP contribution in [0, 0.1) is 11.8 Å². The number of likely N-dealkylation sites (tertiary alicyclic amines) is 2. The van der Waals surface area contributed by atoms with Gasteiger partial charge in [-0.1, -0.05) is 76.2 Å². The van der Waals surface area contributed by atoms with Crippen LogP contribution in [-0.2, 0) is 14.3 Å². The molecule has 0 spiro atoms. The Labute approximate surface area is 328 Å². The van der Waals surface area contributed by atoms with Gasteiger partial charge in [-0.25, -0.2) is 19.6 Å². The fourth-order valence-corrected chi connectivity index (χ4v) is 7.85. The lowest BCUT2D eigenvalue weighted by molar-refractivity contribution is -0.145. The average Bonchev–Trinajstić information content (AvgIpc) is 4.03. The third-order valence-corrected chi connectivity index (χ3v) is 12.3. The van der Waals surface area contributed by atoms with E-state index in [0.717, 1.165) is 64.2 Å². The zero-order valence-corrected chi connectivity index (χ0v) is 33.6. The van der Waals surface area contributed by atoms with E-state index in [1.54, 1.807) is 31.1 Å². The van der Waals surface area contributed by atoms with Crippen LogP contribution in [0.3, 0.4) is 0 Å². The second-order valence-corrected chi connectivity index (χ2v) is 15.9. The number of amides is 4. The van der Waals surface area contributed by atoms with E-state index in [-0.39, 0.29) is 35.7 Å². The minimum atomic E-state index is -1.21. The Morgan fingerprint density at radius 3 is 1.59 bits per heavy atom. The average molecular weight is 767 g/mol. The van der Waals surface area contributed by atoms with Gasteiger partial charge >= 0.3 is 12.2 Å². The molecule has 0 saturated carbocycles. The molecule has 0 radical (unpaired) electrons. The number of benzene rings is 2. The van der Waals surface area contributed by atoms with Crippen LogP contribution in [-0.4, -0.2) is 102 Å². The number of hydrogen-bond acceptors (Lipinski definition) is 7.